The first-order valence-electron chi connectivity index (χ1n) is 12.1. The number of nitrogens with zero attached hydrogens (tertiary/aromatic N) is 2. The minimum atomic E-state index is -0.133. The maximum absolute atomic E-state index is 13.7. The van der Waals surface area contributed by atoms with Gasteiger partial charge in [0.2, 0.25) is 6.79 Å². The summed E-state index contributed by atoms with van der Waals surface area (Å²) in [6.45, 7) is 6.48. The van der Waals surface area contributed by atoms with Crippen LogP contribution in [0.25, 0.3) is 0 Å². The molecule has 2 aromatic carbocycles. The summed E-state index contributed by atoms with van der Waals surface area (Å²) in [6.07, 6.45) is 3.29. The molecule has 3 aliphatic rings. The van der Waals surface area contributed by atoms with Crippen LogP contribution in [-0.4, -0.2) is 42.9 Å². The number of hydrogen-bond acceptors (Lipinski definition) is 4. The Kier molecular flexibility index (Phi) is 6.22. The highest BCUT2D eigenvalue weighted by atomic mass is 16.7. The maximum atomic E-state index is 13.7. The standard InChI is InChI=1S/C26H32N4O4/c1-17-5-3-8-22(18(17)2)30(15-19-9-10-23-24(13-19)34-16-33-23)26(32)28-20-6-4-7-21(14-20)29-12-11-27-25(29)31/h4,6-7,9-10,13-14,17-18,22H,3,5,8,11-12,15-16H2,1-2H3,(H,27,31)(H,28,32)/t17-,18+,22+/m1/s1. The molecule has 5 rings (SSSR count). The number of hydrogen-bond donors (Lipinski definition) is 2. The summed E-state index contributed by atoms with van der Waals surface area (Å²) in [5, 5.41) is 5.91. The second kappa shape index (κ2) is 9.44. The number of nitrogens with one attached hydrogen (secondary N) is 2. The van der Waals surface area contributed by atoms with Gasteiger partial charge in [0.1, 0.15) is 0 Å². The quantitative estimate of drug-likeness (QED) is 0.666. The number of carbonyl (C=O) groups is 2. The SMILES string of the molecule is C[C@H]1[C@H](C)CCC[C@@H]1N(Cc1ccc2c(c1)OCO2)C(=O)Nc1cccc(N2CCNC2=O)c1. The number of anilines is 2. The summed E-state index contributed by atoms with van der Waals surface area (Å²) in [4.78, 5) is 29.4. The van der Waals surface area contributed by atoms with Crippen molar-refractivity contribution < 1.29 is 19.1 Å². The zero-order valence-corrected chi connectivity index (χ0v) is 19.8. The van der Waals surface area contributed by atoms with Crippen LogP contribution in [0.4, 0.5) is 21.0 Å². The van der Waals surface area contributed by atoms with Gasteiger partial charge in [0.15, 0.2) is 11.5 Å². The van der Waals surface area contributed by atoms with E-state index in [1.807, 2.05) is 47.4 Å². The van der Waals surface area contributed by atoms with E-state index < -0.39 is 0 Å². The maximum Gasteiger partial charge on any atom is 0.322 e. The Balaban J connectivity index is 1.38. The Bertz CT molecular complexity index is 1070. The predicted molar refractivity (Wildman–Crippen MR) is 130 cm³/mol. The first-order valence-corrected chi connectivity index (χ1v) is 12.1. The highest BCUT2D eigenvalue weighted by Crippen LogP contribution is 2.36. The van der Waals surface area contributed by atoms with Gasteiger partial charge < -0.3 is 25.0 Å². The molecule has 2 heterocycles. The van der Waals surface area contributed by atoms with Gasteiger partial charge in [-0.15, -0.1) is 0 Å². The summed E-state index contributed by atoms with van der Waals surface area (Å²) in [5.74, 6) is 2.41. The molecule has 4 amide bonds. The molecule has 34 heavy (non-hydrogen) atoms. The van der Waals surface area contributed by atoms with E-state index in [1.165, 1.54) is 6.42 Å². The van der Waals surface area contributed by atoms with Crippen molar-refractivity contribution in [1.29, 1.82) is 0 Å². The summed E-state index contributed by atoms with van der Waals surface area (Å²) < 4.78 is 11.0. The molecule has 3 atom stereocenters. The molecule has 180 valence electrons. The van der Waals surface area contributed by atoms with Crippen LogP contribution in [0.3, 0.4) is 0 Å². The molecule has 0 radical (unpaired) electrons. The van der Waals surface area contributed by atoms with Crippen LogP contribution < -0.4 is 25.0 Å². The summed E-state index contributed by atoms with van der Waals surface area (Å²) in [6, 6.07) is 13.2. The number of urea groups is 2. The highest BCUT2D eigenvalue weighted by molar-refractivity contribution is 5.96. The minimum absolute atomic E-state index is 0.113. The Morgan fingerprint density at radius 1 is 1.15 bits per heavy atom. The van der Waals surface area contributed by atoms with Crippen LogP contribution in [0, 0.1) is 11.8 Å². The fourth-order valence-corrected chi connectivity index (χ4v) is 5.23. The molecule has 1 saturated carbocycles. The number of carbonyl (C=O) groups excluding carboxylic acids is 2. The van der Waals surface area contributed by atoms with Gasteiger partial charge >= 0.3 is 12.1 Å². The van der Waals surface area contributed by atoms with E-state index in [2.05, 4.69) is 24.5 Å². The molecule has 1 saturated heterocycles. The van der Waals surface area contributed by atoms with Crippen molar-refractivity contribution in [1.82, 2.24) is 10.2 Å². The van der Waals surface area contributed by atoms with Crippen LogP contribution in [0.5, 0.6) is 11.5 Å². The number of fused-ring (bicyclic) bond motifs is 1. The average Bonchev–Trinajstić information content (AvgIpc) is 3.48. The fraction of sp³-hybridized carbons (Fsp3) is 0.462. The van der Waals surface area contributed by atoms with Gasteiger partial charge in [-0.25, -0.2) is 9.59 Å². The Labute approximate surface area is 200 Å². The van der Waals surface area contributed by atoms with Gasteiger partial charge in [0.05, 0.1) is 0 Å². The predicted octanol–water partition coefficient (Wildman–Crippen LogP) is 4.80. The molecule has 2 aromatic rings. The molecule has 0 unspecified atom stereocenters. The largest absolute Gasteiger partial charge is 0.454 e. The van der Waals surface area contributed by atoms with Gasteiger partial charge in [-0.3, -0.25) is 4.90 Å². The lowest BCUT2D eigenvalue weighted by Crippen LogP contribution is -2.48. The molecule has 0 aromatic heterocycles. The van der Waals surface area contributed by atoms with Gasteiger partial charge in [0.25, 0.3) is 0 Å². The second-order valence-corrected chi connectivity index (χ2v) is 9.51. The van der Waals surface area contributed by atoms with Crippen molar-refractivity contribution in [2.45, 2.75) is 45.7 Å². The monoisotopic (exact) mass is 464 g/mol. The van der Waals surface area contributed by atoms with Gasteiger partial charge in [-0.05, 0) is 54.2 Å². The van der Waals surface area contributed by atoms with Gasteiger partial charge in [-0.1, -0.05) is 38.8 Å². The van der Waals surface area contributed by atoms with Crippen LogP contribution in [0.2, 0.25) is 0 Å². The van der Waals surface area contributed by atoms with E-state index >= 15 is 0 Å². The van der Waals surface area contributed by atoms with Crippen LogP contribution >= 0.6 is 0 Å². The first kappa shape index (κ1) is 22.4. The van der Waals surface area contributed by atoms with E-state index in [-0.39, 0.29) is 24.9 Å². The van der Waals surface area contributed by atoms with Crippen molar-refractivity contribution in [3.8, 4) is 11.5 Å². The molecular weight excluding hydrogens is 432 g/mol. The molecule has 8 nitrogen and oxygen atoms in total. The smallest absolute Gasteiger partial charge is 0.322 e. The molecular formula is C26H32N4O4. The summed E-state index contributed by atoms with van der Waals surface area (Å²) in [5.41, 5.74) is 2.46. The van der Waals surface area contributed by atoms with Crippen molar-refractivity contribution in [3.63, 3.8) is 0 Å². The highest BCUT2D eigenvalue weighted by Gasteiger charge is 2.34. The third-order valence-electron chi connectivity index (χ3n) is 7.38. The topological polar surface area (TPSA) is 83.1 Å². The summed E-state index contributed by atoms with van der Waals surface area (Å²) >= 11 is 0. The third-order valence-corrected chi connectivity index (χ3v) is 7.38. The Morgan fingerprint density at radius 3 is 2.82 bits per heavy atom. The Hall–Kier alpha value is -3.42. The van der Waals surface area contributed by atoms with E-state index in [9.17, 15) is 9.59 Å². The van der Waals surface area contributed by atoms with E-state index in [0.717, 1.165) is 35.6 Å². The zero-order chi connectivity index (χ0) is 23.7. The lowest BCUT2D eigenvalue weighted by Gasteiger charge is -2.41. The van der Waals surface area contributed by atoms with E-state index in [1.54, 1.807) is 4.90 Å². The van der Waals surface area contributed by atoms with Crippen LogP contribution in [0.1, 0.15) is 38.7 Å². The van der Waals surface area contributed by atoms with E-state index in [0.29, 0.717) is 37.2 Å². The average molecular weight is 465 g/mol. The number of amides is 4. The molecule has 8 heteroatoms. The molecule has 2 N–H and O–H groups in total. The normalized spacial score (nSPS) is 23.5. The minimum Gasteiger partial charge on any atom is -0.454 e. The van der Waals surface area contributed by atoms with Crippen molar-refractivity contribution in [2.75, 3.05) is 30.1 Å². The second-order valence-electron chi connectivity index (χ2n) is 9.51. The van der Waals surface area contributed by atoms with Crippen LogP contribution in [-0.2, 0) is 6.54 Å². The third kappa shape index (κ3) is 4.49. The summed E-state index contributed by atoms with van der Waals surface area (Å²) in [7, 11) is 0. The van der Waals surface area contributed by atoms with Crippen molar-refractivity contribution in [2.24, 2.45) is 11.8 Å². The lowest BCUT2D eigenvalue weighted by atomic mass is 9.77. The lowest BCUT2D eigenvalue weighted by molar-refractivity contribution is 0.102. The Morgan fingerprint density at radius 2 is 2.00 bits per heavy atom. The first-order chi connectivity index (χ1) is 16.5. The zero-order valence-electron chi connectivity index (χ0n) is 19.8. The number of ether oxygens (including phenoxy) is 2. The number of rotatable bonds is 5. The fourth-order valence-electron chi connectivity index (χ4n) is 5.23. The van der Waals surface area contributed by atoms with Crippen LogP contribution in [0.15, 0.2) is 42.5 Å². The molecule has 0 bridgehead atoms. The molecule has 1 aliphatic carbocycles. The van der Waals surface area contributed by atoms with Crippen molar-refractivity contribution in [3.05, 3.63) is 48.0 Å². The van der Waals surface area contributed by atoms with Crippen molar-refractivity contribution >= 4 is 23.4 Å². The molecule has 2 aliphatic heterocycles. The number of benzene rings is 2. The molecule has 0 spiro atoms. The van der Waals surface area contributed by atoms with E-state index in [4.69, 9.17) is 9.47 Å². The molecule has 2 fully saturated rings. The van der Waals surface area contributed by atoms with Gasteiger partial charge in [0, 0.05) is 37.1 Å². The van der Waals surface area contributed by atoms with Gasteiger partial charge in [-0.2, -0.15) is 0 Å².